The van der Waals surface area contributed by atoms with Gasteiger partial charge in [0.1, 0.15) is 5.25 Å². The van der Waals surface area contributed by atoms with Crippen molar-refractivity contribution in [3.63, 3.8) is 0 Å². The first kappa shape index (κ1) is 18.3. The van der Waals surface area contributed by atoms with Crippen LogP contribution in [0.3, 0.4) is 0 Å². The zero-order chi connectivity index (χ0) is 14.2. The molecule has 0 aromatic heterocycles. The fraction of sp³-hybridized carbons (Fsp3) is 0.533. The molecule has 0 spiro atoms. The highest BCUT2D eigenvalue weighted by Crippen LogP contribution is 2.26. The molecular weight excluding hydrogens is 306 g/mol. The molecule has 1 aliphatic rings. The molecule has 1 amide bonds. The van der Waals surface area contributed by atoms with Crippen molar-refractivity contribution in [2.75, 3.05) is 45.5 Å². The quantitative estimate of drug-likeness (QED) is 0.831. The van der Waals surface area contributed by atoms with Crippen LogP contribution in [-0.2, 0) is 4.79 Å². The molecule has 1 fully saturated rings. The van der Waals surface area contributed by atoms with Crippen LogP contribution in [-0.4, -0.2) is 56.3 Å². The Bertz CT molecular complexity index is 413. The Balaban J connectivity index is 0.00000220. The number of nitrogens with zero attached hydrogens (tertiary/aromatic N) is 1. The van der Waals surface area contributed by atoms with Crippen LogP contribution >= 0.6 is 24.2 Å². The van der Waals surface area contributed by atoms with E-state index in [1.165, 1.54) is 0 Å². The van der Waals surface area contributed by atoms with Gasteiger partial charge in [-0.3, -0.25) is 9.69 Å². The van der Waals surface area contributed by atoms with Gasteiger partial charge in [-0.2, -0.15) is 0 Å². The summed E-state index contributed by atoms with van der Waals surface area (Å²) in [5, 5.41) is 6.28. The molecule has 2 rings (SSSR count). The van der Waals surface area contributed by atoms with Crippen molar-refractivity contribution in [3.8, 4) is 0 Å². The lowest BCUT2D eigenvalue weighted by atomic mass is 10.1. The molecule has 1 unspecified atom stereocenters. The van der Waals surface area contributed by atoms with Crippen LogP contribution in [0.4, 0.5) is 0 Å². The van der Waals surface area contributed by atoms with E-state index in [-0.39, 0.29) is 23.6 Å². The average Bonchev–Trinajstić information content (AvgIpc) is 2.50. The summed E-state index contributed by atoms with van der Waals surface area (Å²) in [6.07, 6.45) is 1.98. The maximum atomic E-state index is 12.3. The number of benzene rings is 1. The number of piperazine rings is 1. The second-order valence-corrected chi connectivity index (χ2v) is 5.85. The summed E-state index contributed by atoms with van der Waals surface area (Å²) in [6, 6.07) is 9.95. The van der Waals surface area contributed by atoms with Gasteiger partial charge in [0.25, 0.3) is 0 Å². The number of amides is 1. The topological polar surface area (TPSA) is 44.4 Å². The first-order chi connectivity index (χ1) is 9.81. The van der Waals surface area contributed by atoms with Crippen molar-refractivity contribution >= 4 is 30.1 Å². The monoisotopic (exact) mass is 329 g/mol. The fourth-order valence-corrected chi connectivity index (χ4v) is 3.11. The van der Waals surface area contributed by atoms with Gasteiger partial charge in [-0.25, -0.2) is 0 Å². The number of thioether (sulfide) groups is 1. The lowest BCUT2D eigenvalue weighted by Crippen LogP contribution is -2.46. The van der Waals surface area contributed by atoms with E-state index < -0.39 is 0 Å². The molecular formula is C15H24ClN3OS. The second kappa shape index (κ2) is 10.1. The van der Waals surface area contributed by atoms with Crippen molar-refractivity contribution in [3.05, 3.63) is 35.9 Å². The first-order valence-corrected chi connectivity index (χ1v) is 8.38. The Kier molecular flexibility index (Phi) is 8.76. The van der Waals surface area contributed by atoms with Crippen molar-refractivity contribution in [1.29, 1.82) is 0 Å². The summed E-state index contributed by atoms with van der Waals surface area (Å²) < 4.78 is 0. The van der Waals surface area contributed by atoms with Crippen molar-refractivity contribution in [2.24, 2.45) is 0 Å². The summed E-state index contributed by atoms with van der Waals surface area (Å²) >= 11 is 1.58. The van der Waals surface area contributed by atoms with Gasteiger partial charge in [0.05, 0.1) is 0 Å². The van der Waals surface area contributed by atoms with Crippen LogP contribution in [0.15, 0.2) is 30.3 Å². The maximum Gasteiger partial charge on any atom is 0.237 e. The molecule has 1 saturated heterocycles. The highest BCUT2D eigenvalue weighted by atomic mass is 35.5. The fourth-order valence-electron chi connectivity index (χ4n) is 2.39. The van der Waals surface area contributed by atoms with E-state index in [2.05, 4.69) is 15.5 Å². The normalized spacial score (nSPS) is 16.8. The number of carbonyl (C=O) groups is 1. The Morgan fingerprint density at radius 1 is 1.33 bits per heavy atom. The Labute approximate surface area is 137 Å². The van der Waals surface area contributed by atoms with Gasteiger partial charge in [-0.05, 0) is 11.8 Å². The third-order valence-electron chi connectivity index (χ3n) is 3.51. The standard InChI is InChI=1S/C15H23N3OS.ClH/c1-20-14(13-5-3-2-4-6-13)15(19)17-9-12-18-10-7-16-8-11-18;/h2-6,14,16H,7-12H2,1H3,(H,17,19);1H. The van der Waals surface area contributed by atoms with E-state index in [1.807, 2.05) is 36.6 Å². The van der Waals surface area contributed by atoms with Gasteiger partial charge in [-0.15, -0.1) is 24.2 Å². The third-order valence-corrected chi connectivity index (χ3v) is 4.47. The van der Waals surface area contributed by atoms with E-state index in [1.54, 1.807) is 11.8 Å². The van der Waals surface area contributed by atoms with Crippen LogP contribution in [0, 0.1) is 0 Å². The third kappa shape index (κ3) is 5.87. The number of hydrogen-bond donors (Lipinski definition) is 2. The molecule has 1 aromatic carbocycles. The molecule has 6 heteroatoms. The van der Waals surface area contributed by atoms with E-state index in [9.17, 15) is 4.79 Å². The summed E-state index contributed by atoms with van der Waals surface area (Å²) in [5.74, 6) is 0.110. The summed E-state index contributed by atoms with van der Waals surface area (Å²) in [5.41, 5.74) is 1.07. The molecule has 1 heterocycles. The molecule has 0 bridgehead atoms. The molecule has 2 N–H and O–H groups in total. The SMILES string of the molecule is CSC(C(=O)NCCN1CCNCC1)c1ccccc1.Cl. The van der Waals surface area contributed by atoms with Gasteiger partial charge >= 0.3 is 0 Å². The largest absolute Gasteiger partial charge is 0.354 e. The van der Waals surface area contributed by atoms with E-state index >= 15 is 0 Å². The van der Waals surface area contributed by atoms with Gasteiger partial charge in [0.2, 0.25) is 5.91 Å². The predicted molar refractivity (Wildman–Crippen MR) is 92.3 cm³/mol. The van der Waals surface area contributed by atoms with Crippen LogP contribution in [0.5, 0.6) is 0 Å². The molecule has 0 aliphatic carbocycles. The number of rotatable bonds is 6. The zero-order valence-corrected chi connectivity index (χ0v) is 14.0. The molecule has 1 aliphatic heterocycles. The minimum atomic E-state index is -0.112. The Hall–Kier alpha value is -0.750. The Morgan fingerprint density at radius 3 is 2.62 bits per heavy atom. The van der Waals surface area contributed by atoms with Gasteiger partial charge in [0.15, 0.2) is 0 Å². The van der Waals surface area contributed by atoms with Crippen molar-refractivity contribution < 1.29 is 4.79 Å². The lowest BCUT2D eigenvalue weighted by molar-refractivity contribution is -0.120. The maximum absolute atomic E-state index is 12.3. The van der Waals surface area contributed by atoms with Crippen LogP contribution in [0.2, 0.25) is 0 Å². The number of carbonyl (C=O) groups excluding carboxylic acids is 1. The molecule has 0 radical (unpaired) electrons. The van der Waals surface area contributed by atoms with E-state index in [0.29, 0.717) is 0 Å². The van der Waals surface area contributed by atoms with Crippen molar-refractivity contribution in [2.45, 2.75) is 5.25 Å². The summed E-state index contributed by atoms with van der Waals surface area (Å²) in [7, 11) is 0. The van der Waals surface area contributed by atoms with Crippen LogP contribution < -0.4 is 10.6 Å². The minimum absolute atomic E-state index is 0. The van der Waals surface area contributed by atoms with Gasteiger partial charge in [0, 0.05) is 39.3 Å². The second-order valence-electron chi connectivity index (χ2n) is 4.91. The smallest absolute Gasteiger partial charge is 0.237 e. The van der Waals surface area contributed by atoms with Gasteiger partial charge < -0.3 is 10.6 Å². The average molecular weight is 330 g/mol. The number of nitrogens with one attached hydrogen (secondary N) is 2. The molecule has 118 valence electrons. The molecule has 1 aromatic rings. The number of hydrogen-bond acceptors (Lipinski definition) is 4. The molecule has 0 saturated carbocycles. The first-order valence-electron chi connectivity index (χ1n) is 7.10. The van der Waals surface area contributed by atoms with E-state index in [0.717, 1.165) is 44.8 Å². The van der Waals surface area contributed by atoms with Crippen LogP contribution in [0.25, 0.3) is 0 Å². The highest BCUT2D eigenvalue weighted by molar-refractivity contribution is 7.99. The Morgan fingerprint density at radius 2 is 2.00 bits per heavy atom. The van der Waals surface area contributed by atoms with Crippen molar-refractivity contribution in [1.82, 2.24) is 15.5 Å². The lowest BCUT2D eigenvalue weighted by Gasteiger charge is -2.27. The van der Waals surface area contributed by atoms with E-state index in [4.69, 9.17) is 0 Å². The zero-order valence-electron chi connectivity index (χ0n) is 12.4. The summed E-state index contributed by atoms with van der Waals surface area (Å²) in [6.45, 7) is 5.89. The molecule has 21 heavy (non-hydrogen) atoms. The molecule has 4 nitrogen and oxygen atoms in total. The number of halogens is 1. The van der Waals surface area contributed by atoms with Gasteiger partial charge in [-0.1, -0.05) is 30.3 Å². The highest BCUT2D eigenvalue weighted by Gasteiger charge is 2.19. The minimum Gasteiger partial charge on any atom is -0.354 e. The van der Waals surface area contributed by atoms with Crippen LogP contribution in [0.1, 0.15) is 10.8 Å². The summed E-state index contributed by atoms with van der Waals surface area (Å²) in [4.78, 5) is 14.6. The molecule has 1 atom stereocenters. The predicted octanol–water partition coefficient (Wildman–Crippen LogP) is 1.53.